The maximum Gasteiger partial charge on any atom is 0.305 e. The number of ether oxygens (including phenoxy) is 1. The number of nitrogens with one attached hydrogen (secondary N) is 1. The highest BCUT2D eigenvalue weighted by atomic mass is 16.5. The van der Waals surface area contributed by atoms with Crippen molar-refractivity contribution in [1.29, 1.82) is 0 Å². The van der Waals surface area contributed by atoms with E-state index in [1.165, 1.54) is 289 Å². The quantitative estimate of drug-likeness (QED) is 0.0320. The van der Waals surface area contributed by atoms with Crippen molar-refractivity contribution in [2.45, 2.75) is 386 Å². The minimum Gasteiger partial charge on any atom is -0.466 e. The van der Waals surface area contributed by atoms with Gasteiger partial charge in [-0.05, 0) is 83.5 Å². The number of amides is 1. The Labute approximate surface area is 474 Å². The molecule has 0 heterocycles. The molecule has 0 aromatic rings. The van der Waals surface area contributed by atoms with Gasteiger partial charge in [-0.1, -0.05) is 314 Å². The van der Waals surface area contributed by atoms with Gasteiger partial charge < -0.3 is 20.3 Å². The summed E-state index contributed by atoms with van der Waals surface area (Å²) in [6, 6.07) is -0.541. The summed E-state index contributed by atoms with van der Waals surface area (Å²) >= 11 is 0. The number of unbranched alkanes of at least 4 members (excludes halogenated alkanes) is 47. The number of carbonyl (C=O) groups is 2. The highest BCUT2D eigenvalue weighted by Crippen LogP contribution is 2.18. The third kappa shape index (κ3) is 61.3. The molecule has 0 bridgehead atoms. The standard InChI is InChI=1S/C70H133NO5/c1-3-5-7-9-11-13-15-17-19-36-40-44-48-52-56-60-64-70(75)76-65-61-57-53-49-45-41-37-34-32-30-28-26-24-22-20-21-23-25-27-29-31-33-35-39-43-47-51-55-59-63-69(74)71-67(66-72)68(73)62-58-54-50-46-42-38-18-16-14-12-10-8-6-4-2/h13,15,19-20,22,36,67-68,72-73H,3-12,14,16-18,21,23-35,37-66H2,1-2H3,(H,71,74)/b15-13-,22-20-,36-19-. The molecule has 448 valence electrons. The number of rotatable bonds is 64. The van der Waals surface area contributed by atoms with Crippen LogP contribution in [0.1, 0.15) is 373 Å². The molecule has 0 rings (SSSR count). The molecule has 0 aliphatic rings. The number of aliphatic hydroxyl groups is 2. The molecule has 0 aliphatic carbocycles. The lowest BCUT2D eigenvalue weighted by Gasteiger charge is -2.22. The van der Waals surface area contributed by atoms with Crippen LogP contribution in [-0.4, -0.2) is 47.4 Å². The van der Waals surface area contributed by atoms with E-state index in [0.717, 1.165) is 51.4 Å². The summed E-state index contributed by atoms with van der Waals surface area (Å²) in [7, 11) is 0. The van der Waals surface area contributed by atoms with Crippen LogP contribution in [0.25, 0.3) is 0 Å². The smallest absolute Gasteiger partial charge is 0.305 e. The van der Waals surface area contributed by atoms with E-state index in [-0.39, 0.29) is 18.5 Å². The van der Waals surface area contributed by atoms with Crippen molar-refractivity contribution in [3.05, 3.63) is 36.5 Å². The van der Waals surface area contributed by atoms with E-state index in [2.05, 4.69) is 55.6 Å². The van der Waals surface area contributed by atoms with Gasteiger partial charge in [-0.2, -0.15) is 0 Å². The lowest BCUT2D eigenvalue weighted by atomic mass is 10.0. The van der Waals surface area contributed by atoms with Gasteiger partial charge in [-0.25, -0.2) is 0 Å². The number of carbonyl (C=O) groups excluding carboxylic acids is 2. The molecule has 0 aromatic carbocycles. The van der Waals surface area contributed by atoms with Crippen molar-refractivity contribution in [2.75, 3.05) is 13.2 Å². The molecule has 0 aromatic heterocycles. The first-order valence-corrected chi connectivity index (χ1v) is 34.2. The largest absolute Gasteiger partial charge is 0.466 e. The zero-order chi connectivity index (χ0) is 55.0. The normalized spacial score (nSPS) is 12.7. The Morgan fingerprint density at radius 1 is 0.368 bits per heavy atom. The molecule has 0 aliphatic heterocycles. The molecule has 0 saturated carbocycles. The molecule has 0 fully saturated rings. The molecule has 0 saturated heterocycles. The van der Waals surface area contributed by atoms with Crippen molar-refractivity contribution in [1.82, 2.24) is 5.32 Å². The number of allylic oxidation sites excluding steroid dienone is 6. The van der Waals surface area contributed by atoms with Crippen molar-refractivity contribution in [3.63, 3.8) is 0 Å². The molecular weight excluding hydrogens is 935 g/mol. The van der Waals surface area contributed by atoms with Gasteiger partial charge in [-0.15, -0.1) is 0 Å². The van der Waals surface area contributed by atoms with Gasteiger partial charge >= 0.3 is 5.97 Å². The highest BCUT2D eigenvalue weighted by Gasteiger charge is 2.20. The minimum absolute atomic E-state index is 0.00327. The van der Waals surface area contributed by atoms with Crippen LogP contribution in [0.4, 0.5) is 0 Å². The molecule has 0 radical (unpaired) electrons. The second-order valence-electron chi connectivity index (χ2n) is 23.5. The van der Waals surface area contributed by atoms with Crippen LogP contribution in [-0.2, 0) is 14.3 Å². The fraction of sp³-hybridized carbons (Fsp3) is 0.886. The van der Waals surface area contributed by atoms with Crippen LogP contribution in [0.2, 0.25) is 0 Å². The molecule has 6 nitrogen and oxygen atoms in total. The predicted octanol–water partition coefficient (Wildman–Crippen LogP) is 21.9. The Bertz CT molecular complexity index is 1230. The highest BCUT2D eigenvalue weighted by molar-refractivity contribution is 5.76. The summed E-state index contributed by atoms with van der Waals surface area (Å²) in [6.07, 6.45) is 83.3. The Kier molecular flexibility index (Phi) is 63.9. The lowest BCUT2D eigenvalue weighted by Crippen LogP contribution is -2.45. The average molecular weight is 1070 g/mol. The number of hydrogen-bond donors (Lipinski definition) is 3. The van der Waals surface area contributed by atoms with E-state index in [9.17, 15) is 19.8 Å². The number of hydrogen-bond acceptors (Lipinski definition) is 5. The second-order valence-corrected chi connectivity index (χ2v) is 23.5. The fourth-order valence-electron chi connectivity index (χ4n) is 10.7. The molecule has 3 N–H and O–H groups in total. The number of esters is 1. The van der Waals surface area contributed by atoms with E-state index in [1.54, 1.807) is 0 Å². The van der Waals surface area contributed by atoms with Crippen molar-refractivity contribution in [2.24, 2.45) is 0 Å². The van der Waals surface area contributed by atoms with Gasteiger partial charge in [0.25, 0.3) is 0 Å². The average Bonchev–Trinajstić information content (AvgIpc) is 3.42. The van der Waals surface area contributed by atoms with Crippen LogP contribution in [0, 0.1) is 0 Å². The van der Waals surface area contributed by atoms with E-state index in [0.29, 0.717) is 25.9 Å². The van der Waals surface area contributed by atoms with E-state index >= 15 is 0 Å². The van der Waals surface area contributed by atoms with E-state index in [1.807, 2.05) is 0 Å². The minimum atomic E-state index is -0.663. The molecule has 2 atom stereocenters. The Morgan fingerprint density at radius 3 is 1.03 bits per heavy atom. The monoisotopic (exact) mass is 1070 g/mol. The van der Waals surface area contributed by atoms with Gasteiger partial charge in [0.05, 0.1) is 25.4 Å². The Hall–Kier alpha value is -1.92. The maximum atomic E-state index is 12.5. The van der Waals surface area contributed by atoms with Crippen molar-refractivity contribution >= 4 is 11.9 Å². The van der Waals surface area contributed by atoms with E-state index in [4.69, 9.17) is 4.74 Å². The molecular formula is C70H133NO5. The number of aliphatic hydroxyl groups excluding tert-OH is 2. The van der Waals surface area contributed by atoms with Crippen molar-refractivity contribution in [3.8, 4) is 0 Å². The third-order valence-corrected chi connectivity index (χ3v) is 15.9. The van der Waals surface area contributed by atoms with Crippen LogP contribution in [0.3, 0.4) is 0 Å². The summed E-state index contributed by atoms with van der Waals surface area (Å²) < 4.78 is 5.49. The first-order chi connectivity index (χ1) is 37.5. The first-order valence-electron chi connectivity index (χ1n) is 34.2. The summed E-state index contributed by atoms with van der Waals surface area (Å²) in [4.78, 5) is 24.6. The van der Waals surface area contributed by atoms with E-state index < -0.39 is 12.1 Å². The maximum absolute atomic E-state index is 12.5. The fourth-order valence-corrected chi connectivity index (χ4v) is 10.7. The molecule has 0 spiro atoms. The Balaban J connectivity index is 3.37. The van der Waals surface area contributed by atoms with Gasteiger partial charge in [-0.3, -0.25) is 9.59 Å². The summed E-state index contributed by atoms with van der Waals surface area (Å²) in [6.45, 7) is 4.95. The van der Waals surface area contributed by atoms with Crippen LogP contribution < -0.4 is 5.32 Å². The zero-order valence-electron chi connectivity index (χ0n) is 51.3. The topological polar surface area (TPSA) is 95.9 Å². The van der Waals surface area contributed by atoms with Crippen LogP contribution >= 0.6 is 0 Å². The van der Waals surface area contributed by atoms with Crippen molar-refractivity contribution < 1.29 is 24.5 Å². The summed E-state index contributed by atoms with van der Waals surface area (Å²) in [5, 5.41) is 23.3. The van der Waals surface area contributed by atoms with Crippen LogP contribution in [0.15, 0.2) is 36.5 Å². The molecule has 2 unspecified atom stereocenters. The van der Waals surface area contributed by atoms with Gasteiger partial charge in [0.1, 0.15) is 0 Å². The zero-order valence-corrected chi connectivity index (χ0v) is 51.3. The predicted molar refractivity (Wildman–Crippen MR) is 333 cm³/mol. The van der Waals surface area contributed by atoms with Gasteiger partial charge in [0, 0.05) is 12.8 Å². The van der Waals surface area contributed by atoms with Crippen LogP contribution in [0.5, 0.6) is 0 Å². The molecule has 6 heteroatoms. The lowest BCUT2D eigenvalue weighted by molar-refractivity contribution is -0.143. The second kappa shape index (κ2) is 65.6. The molecule has 76 heavy (non-hydrogen) atoms. The molecule has 1 amide bonds. The third-order valence-electron chi connectivity index (χ3n) is 15.9. The summed E-state index contributed by atoms with van der Waals surface area (Å²) in [5.74, 6) is -0.0291. The SMILES string of the molecule is CCCCCC/C=C\C/C=C\CCCCCCCC(=O)OCCCCCCCCCCCCCC/C=C\CCCCCCCCCCCCCCCC(=O)NC(CO)C(O)CCCCCCCCCCCCCCCC. The van der Waals surface area contributed by atoms with Gasteiger partial charge in [0.15, 0.2) is 0 Å². The summed E-state index contributed by atoms with van der Waals surface area (Å²) in [5.41, 5.74) is 0. The Morgan fingerprint density at radius 2 is 0.658 bits per heavy atom. The van der Waals surface area contributed by atoms with Gasteiger partial charge in [0.2, 0.25) is 5.91 Å². The first kappa shape index (κ1) is 74.1.